The molecule has 1 aromatic rings. The van der Waals surface area contributed by atoms with Gasteiger partial charge in [0.1, 0.15) is 5.69 Å². The van der Waals surface area contributed by atoms with E-state index in [0.717, 1.165) is 4.47 Å². The van der Waals surface area contributed by atoms with E-state index in [-0.39, 0.29) is 18.1 Å². The zero-order chi connectivity index (χ0) is 13.9. The molecule has 0 fully saturated rings. The van der Waals surface area contributed by atoms with E-state index in [9.17, 15) is 9.59 Å². The van der Waals surface area contributed by atoms with Gasteiger partial charge < -0.3 is 10.0 Å². The van der Waals surface area contributed by atoms with Crippen LogP contribution in [0.15, 0.2) is 21.2 Å². The third-order valence-corrected chi connectivity index (χ3v) is 3.36. The molecule has 1 N–H and O–H groups in total. The molecule has 1 rings (SSSR count). The first-order valence-corrected chi connectivity index (χ1v) is 6.70. The van der Waals surface area contributed by atoms with Crippen molar-refractivity contribution in [1.82, 2.24) is 9.88 Å². The summed E-state index contributed by atoms with van der Waals surface area (Å²) in [6, 6.07) is 1.72. The van der Waals surface area contributed by atoms with Gasteiger partial charge in [-0.15, -0.1) is 0 Å². The van der Waals surface area contributed by atoms with Crippen molar-refractivity contribution < 1.29 is 14.7 Å². The number of aromatic nitrogens is 1. The van der Waals surface area contributed by atoms with Gasteiger partial charge in [0.15, 0.2) is 0 Å². The van der Waals surface area contributed by atoms with Crippen molar-refractivity contribution in [2.24, 2.45) is 5.92 Å². The molecule has 0 radical (unpaired) electrons. The highest BCUT2D eigenvalue weighted by Gasteiger charge is 2.21. The van der Waals surface area contributed by atoms with E-state index in [1.54, 1.807) is 20.0 Å². The number of rotatable bonds is 4. The highest BCUT2D eigenvalue weighted by molar-refractivity contribution is 9.11. The maximum Gasteiger partial charge on any atom is 0.308 e. The Balaban J connectivity index is 2.83. The number of carbonyl (C=O) groups is 2. The molecule has 0 aliphatic carbocycles. The molecule has 1 amide bonds. The summed E-state index contributed by atoms with van der Waals surface area (Å²) in [7, 11) is 1.55. The largest absolute Gasteiger partial charge is 0.481 e. The van der Waals surface area contributed by atoms with Gasteiger partial charge in [0.25, 0.3) is 5.91 Å². The van der Waals surface area contributed by atoms with Gasteiger partial charge in [0.05, 0.1) is 10.4 Å². The third-order valence-electron chi connectivity index (χ3n) is 2.33. The fourth-order valence-electron chi connectivity index (χ4n) is 1.32. The molecule has 7 heteroatoms. The van der Waals surface area contributed by atoms with E-state index >= 15 is 0 Å². The average Bonchev–Trinajstić information content (AvgIpc) is 2.27. The second kappa shape index (κ2) is 6.29. The zero-order valence-corrected chi connectivity index (χ0v) is 13.0. The first-order valence-electron chi connectivity index (χ1n) is 5.12. The summed E-state index contributed by atoms with van der Waals surface area (Å²) in [6.07, 6.45) is 1.52. The van der Waals surface area contributed by atoms with Gasteiger partial charge in [-0.05, 0) is 37.9 Å². The zero-order valence-electron chi connectivity index (χ0n) is 9.85. The van der Waals surface area contributed by atoms with E-state index < -0.39 is 11.9 Å². The molecular formula is C11H12Br2N2O3. The first kappa shape index (κ1) is 15.1. The first-order chi connectivity index (χ1) is 8.32. The summed E-state index contributed by atoms with van der Waals surface area (Å²) in [5.41, 5.74) is 0.262. The lowest BCUT2D eigenvalue weighted by molar-refractivity contribution is -0.141. The van der Waals surface area contributed by atoms with E-state index in [1.807, 2.05) is 0 Å². The number of pyridine rings is 1. The van der Waals surface area contributed by atoms with Crippen molar-refractivity contribution in [3.63, 3.8) is 0 Å². The molecule has 0 aromatic carbocycles. The van der Waals surface area contributed by atoms with Crippen molar-refractivity contribution >= 4 is 43.7 Å². The van der Waals surface area contributed by atoms with E-state index in [1.165, 1.54) is 11.1 Å². The van der Waals surface area contributed by atoms with Crippen LogP contribution in [-0.2, 0) is 4.79 Å². The normalized spacial score (nSPS) is 12.0. The Morgan fingerprint density at radius 1 is 1.50 bits per heavy atom. The quantitative estimate of drug-likeness (QED) is 0.871. The van der Waals surface area contributed by atoms with Gasteiger partial charge in [0.2, 0.25) is 0 Å². The van der Waals surface area contributed by atoms with Crippen LogP contribution in [0.25, 0.3) is 0 Å². The topological polar surface area (TPSA) is 70.5 Å². The Hall–Kier alpha value is -0.950. The van der Waals surface area contributed by atoms with Crippen LogP contribution in [-0.4, -0.2) is 40.5 Å². The second-order valence-corrected chi connectivity index (χ2v) is 5.68. The van der Waals surface area contributed by atoms with Gasteiger partial charge in [-0.1, -0.05) is 6.92 Å². The van der Waals surface area contributed by atoms with Gasteiger partial charge in [-0.2, -0.15) is 0 Å². The third kappa shape index (κ3) is 3.78. The van der Waals surface area contributed by atoms with Crippen LogP contribution in [0.5, 0.6) is 0 Å². The predicted molar refractivity (Wildman–Crippen MR) is 73.4 cm³/mol. The number of halogens is 2. The molecule has 0 bridgehead atoms. The molecule has 98 valence electrons. The molecule has 0 spiro atoms. The van der Waals surface area contributed by atoms with Crippen molar-refractivity contribution in [2.45, 2.75) is 6.92 Å². The maximum atomic E-state index is 12.1. The Bertz CT molecular complexity index is 479. The highest BCUT2D eigenvalue weighted by atomic mass is 79.9. The van der Waals surface area contributed by atoms with E-state index in [0.29, 0.717) is 4.47 Å². The fourth-order valence-corrected chi connectivity index (χ4v) is 2.48. The maximum absolute atomic E-state index is 12.1. The van der Waals surface area contributed by atoms with E-state index in [4.69, 9.17) is 5.11 Å². The van der Waals surface area contributed by atoms with Crippen molar-refractivity contribution in [3.05, 3.63) is 26.9 Å². The molecule has 1 unspecified atom stereocenters. The smallest absolute Gasteiger partial charge is 0.308 e. The minimum absolute atomic E-state index is 0.137. The van der Waals surface area contributed by atoms with Crippen LogP contribution < -0.4 is 0 Å². The van der Waals surface area contributed by atoms with Gasteiger partial charge >= 0.3 is 5.97 Å². The molecule has 0 aliphatic heterocycles. The molecule has 0 saturated heterocycles. The number of aliphatic carboxylic acids is 1. The number of carboxylic acid groups (broad SMARTS) is 1. The lowest BCUT2D eigenvalue weighted by atomic mass is 10.1. The molecule has 1 aromatic heterocycles. The summed E-state index contributed by atoms with van der Waals surface area (Å²) in [5, 5.41) is 8.81. The van der Waals surface area contributed by atoms with Crippen LogP contribution >= 0.6 is 31.9 Å². The number of hydrogen-bond acceptors (Lipinski definition) is 3. The molecule has 0 saturated carbocycles. The highest BCUT2D eigenvalue weighted by Crippen LogP contribution is 2.20. The van der Waals surface area contributed by atoms with Crippen LogP contribution in [0.3, 0.4) is 0 Å². The van der Waals surface area contributed by atoms with Crippen molar-refractivity contribution in [1.29, 1.82) is 0 Å². The van der Waals surface area contributed by atoms with Crippen molar-refractivity contribution in [2.75, 3.05) is 13.6 Å². The van der Waals surface area contributed by atoms with Crippen molar-refractivity contribution in [3.8, 4) is 0 Å². The SMILES string of the molecule is CC(CN(C)C(=O)c1ncc(Br)cc1Br)C(=O)O. The van der Waals surface area contributed by atoms with Gasteiger partial charge in [-0.25, -0.2) is 4.98 Å². The van der Waals surface area contributed by atoms with E-state index in [2.05, 4.69) is 36.8 Å². The Morgan fingerprint density at radius 3 is 2.61 bits per heavy atom. The Labute approximate surface area is 121 Å². The Morgan fingerprint density at radius 2 is 2.11 bits per heavy atom. The fraction of sp³-hybridized carbons (Fsp3) is 0.364. The van der Waals surface area contributed by atoms with Gasteiger partial charge in [-0.3, -0.25) is 9.59 Å². The molecular weight excluding hydrogens is 368 g/mol. The summed E-state index contributed by atoms with van der Waals surface area (Å²) in [4.78, 5) is 28.2. The minimum Gasteiger partial charge on any atom is -0.481 e. The summed E-state index contributed by atoms with van der Waals surface area (Å²) >= 11 is 6.50. The molecule has 18 heavy (non-hydrogen) atoms. The molecule has 5 nitrogen and oxygen atoms in total. The number of carbonyl (C=O) groups excluding carboxylic acids is 1. The number of hydrogen-bond donors (Lipinski definition) is 1. The van der Waals surface area contributed by atoms with Crippen LogP contribution in [0.4, 0.5) is 0 Å². The van der Waals surface area contributed by atoms with Crippen LogP contribution in [0.1, 0.15) is 17.4 Å². The molecule has 0 aliphatic rings. The number of carboxylic acids is 1. The summed E-state index contributed by atoms with van der Waals surface area (Å²) < 4.78 is 1.32. The monoisotopic (exact) mass is 378 g/mol. The van der Waals surface area contributed by atoms with Gasteiger partial charge in [0, 0.05) is 24.3 Å². The van der Waals surface area contributed by atoms with Crippen LogP contribution in [0, 0.1) is 5.92 Å². The minimum atomic E-state index is -0.933. The number of nitrogens with zero attached hydrogens (tertiary/aromatic N) is 2. The Kier molecular flexibility index (Phi) is 5.28. The summed E-state index contributed by atoms with van der Waals surface area (Å²) in [5.74, 6) is -1.87. The lowest BCUT2D eigenvalue weighted by Gasteiger charge is -2.19. The standard InChI is InChI=1S/C11H12Br2N2O3/c1-6(11(17)18)5-15(2)10(16)9-8(13)3-7(12)4-14-9/h3-4,6H,5H2,1-2H3,(H,17,18). The lowest BCUT2D eigenvalue weighted by Crippen LogP contribution is -2.34. The summed E-state index contributed by atoms with van der Waals surface area (Å²) in [6.45, 7) is 1.69. The molecule has 1 heterocycles. The predicted octanol–water partition coefficient (Wildman–Crippen LogP) is 2.40. The second-order valence-electron chi connectivity index (χ2n) is 3.91. The van der Waals surface area contributed by atoms with Crippen LogP contribution in [0.2, 0.25) is 0 Å². The molecule has 1 atom stereocenters. The average molecular weight is 380 g/mol. The number of amides is 1.